The summed E-state index contributed by atoms with van der Waals surface area (Å²) < 4.78 is 11.9. The molecule has 4 aromatic rings. The van der Waals surface area contributed by atoms with Crippen molar-refractivity contribution in [2.75, 3.05) is 20.3 Å². The minimum Gasteiger partial charge on any atom is -0.486 e. The SMILES string of the molecule is CN(Cc1ccc2c(c1)OCCO2)Cc1nc2cc(-c3ccc(Cl)cc3)sc2c(=O)[nH]1. The molecule has 0 unspecified atom stereocenters. The van der Waals surface area contributed by atoms with Crippen LogP contribution in [0.5, 0.6) is 11.5 Å². The molecule has 31 heavy (non-hydrogen) atoms. The molecule has 0 spiro atoms. The second-order valence-electron chi connectivity index (χ2n) is 7.49. The molecule has 0 saturated heterocycles. The Balaban J connectivity index is 1.35. The average Bonchev–Trinajstić information content (AvgIpc) is 3.19. The van der Waals surface area contributed by atoms with Gasteiger partial charge in [0.1, 0.15) is 23.7 Å². The highest BCUT2D eigenvalue weighted by Gasteiger charge is 2.14. The van der Waals surface area contributed by atoms with E-state index in [0.717, 1.165) is 27.5 Å². The summed E-state index contributed by atoms with van der Waals surface area (Å²) in [7, 11) is 1.99. The largest absolute Gasteiger partial charge is 0.486 e. The lowest BCUT2D eigenvalue weighted by atomic mass is 10.2. The Labute approximate surface area is 188 Å². The molecule has 6 nitrogen and oxygen atoms in total. The first kappa shape index (κ1) is 20.1. The van der Waals surface area contributed by atoms with Crippen molar-refractivity contribution in [2.24, 2.45) is 0 Å². The van der Waals surface area contributed by atoms with E-state index in [0.29, 0.717) is 47.4 Å². The molecular formula is C23H20ClN3O3S. The van der Waals surface area contributed by atoms with E-state index >= 15 is 0 Å². The molecule has 0 aliphatic carbocycles. The molecule has 1 N–H and O–H groups in total. The van der Waals surface area contributed by atoms with Crippen LogP contribution in [0.3, 0.4) is 0 Å². The van der Waals surface area contributed by atoms with Crippen molar-refractivity contribution < 1.29 is 9.47 Å². The molecule has 0 amide bonds. The number of hydrogen-bond donors (Lipinski definition) is 1. The van der Waals surface area contributed by atoms with E-state index in [1.807, 2.05) is 55.6 Å². The van der Waals surface area contributed by atoms with E-state index in [-0.39, 0.29) is 5.56 Å². The Hall–Kier alpha value is -2.87. The van der Waals surface area contributed by atoms with Crippen LogP contribution < -0.4 is 15.0 Å². The van der Waals surface area contributed by atoms with E-state index < -0.39 is 0 Å². The first-order valence-corrected chi connectivity index (χ1v) is 11.1. The number of benzene rings is 2. The maximum Gasteiger partial charge on any atom is 0.268 e. The van der Waals surface area contributed by atoms with E-state index in [2.05, 4.69) is 9.88 Å². The number of H-pyrrole nitrogens is 1. The second-order valence-corrected chi connectivity index (χ2v) is 8.98. The second kappa shape index (κ2) is 8.34. The van der Waals surface area contributed by atoms with Gasteiger partial charge in [0.05, 0.1) is 12.1 Å². The molecular weight excluding hydrogens is 434 g/mol. The van der Waals surface area contributed by atoms with Gasteiger partial charge in [-0.05, 0) is 48.5 Å². The van der Waals surface area contributed by atoms with Gasteiger partial charge in [-0.25, -0.2) is 4.98 Å². The van der Waals surface area contributed by atoms with Gasteiger partial charge in [-0.1, -0.05) is 29.8 Å². The highest BCUT2D eigenvalue weighted by Crippen LogP contribution is 2.32. The summed E-state index contributed by atoms with van der Waals surface area (Å²) in [4.78, 5) is 23.4. The predicted molar refractivity (Wildman–Crippen MR) is 123 cm³/mol. The van der Waals surface area contributed by atoms with Crippen LogP contribution in [0.15, 0.2) is 53.3 Å². The van der Waals surface area contributed by atoms with Crippen molar-refractivity contribution in [3.8, 4) is 21.9 Å². The lowest BCUT2D eigenvalue weighted by Gasteiger charge is -2.20. The van der Waals surface area contributed by atoms with Crippen molar-refractivity contribution in [1.29, 1.82) is 0 Å². The lowest BCUT2D eigenvalue weighted by molar-refractivity contribution is 0.171. The van der Waals surface area contributed by atoms with Gasteiger partial charge >= 0.3 is 0 Å². The summed E-state index contributed by atoms with van der Waals surface area (Å²) in [5, 5.41) is 0.684. The highest BCUT2D eigenvalue weighted by molar-refractivity contribution is 7.22. The Morgan fingerprint density at radius 1 is 1.06 bits per heavy atom. The van der Waals surface area contributed by atoms with Crippen LogP contribution in [0.25, 0.3) is 20.7 Å². The van der Waals surface area contributed by atoms with Crippen molar-refractivity contribution in [3.63, 3.8) is 0 Å². The molecule has 0 bridgehead atoms. The zero-order chi connectivity index (χ0) is 21.4. The van der Waals surface area contributed by atoms with Crippen LogP contribution >= 0.6 is 22.9 Å². The van der Waals surface area contributed by atoms with Crippen LogP contribution in [0.4, 0.5) is 0 Å². The summed E-state index contributed by atoms with van der Waals surface area (Å²) in [5.74, 6) is 2.19. The normalized spacial score (nSPS) is 13.1. The third-order valence-corrected chi connectivity index (χ3v) is 6.46. The van der Waals surface area contributed by atoms with Gasteiger partial charge in [-0.2, -0.15) is 0 Å². The van der Waals surface area contributed by atoms with Gasteiger partial charge in [-0.15, -0.1) is 11.3 Å². The number of rotatable bonds is 5. The van der Waals surface area contributed by atoms with Crippen molar-refractivity contribution >= 4 is 33.2 Å². The Kier molecular flexibility index (Phi) is 5.40. The first-order chi connectivity index (χ1) is 15.0. The molecule has 0 saturated carbocycles. The maximum atomic E-state index is 12.6. The molecule has 2 aromatic heterocycles. The molecule has 8 heteroatoms. The quantitative estimate of drug-likeness (QED) is 0.474. The van der Waals surface area contributed by atoms with E-state index in [9.17, 15) is 4.79 Å². The number of ether oxygens (including phenoxy) is 2. The highest BCUT2D eigenvalue weighted by atomic mass is 35.5. The number of hydrogen-bond acceptors (Lipinski definition) is 6. The lowest BCUT2D eigenvalue weighted by Crippen LogP contribution is -2.22. The summed E-state index contributed by atoms with van der Waals surface area (Å²) >= 11 is 7.42. The van der Waals surface area contributed by atoms with Gasteiger partial charge in [0.25, 0.3) is 5.56 Å². The molecule has 5 rings (SSSR count). The van der Waals surface area contributed by atoms with Crippen molar-refractivity contribution in [3.05, 3.63) is 75.3 Å². The number of aromatic nitrogens is 2. The number of aromatic amines is 1. The van der Waals surface area contributed by atoms with Gasteiger partial charge in [0.15, 0.2) is 11.5 Å². The van der Waals surface area contributed by atoms with Crippen LogP contribution in [0.2, 0.25) is 5.02 Å². The molecule has 158 valence electrons. The zero-order valence-corrected chi connectivity index (χ0v) is 18.4. The van der Waals surface area contributed by atoms with Crippen LogP contribution in [-0.2, 0) is 13.1 Å². The monoisotopic (exact) mass is 453 g/mol. The molecule has 0 fully saturated rings. The van der Waals surface area contributed by atoms with E-state index in [4.69, 9.17) is 26.1 Å². The molecule has 1 aliphatic rings. The van der Waals surface area contributed by atoms with Gasteiger partial charge in [-0.3, -0.25) is 9.69 Å². The first-order valence-electron chi connectivity index (χ1n) is 9.91. The molecule has 0 radical (unpaired) electrons. The Morgan fingerprint density at radius 3 is 2.65 bits per heavy atom. The maximum absolute atomic E-state index is 12.6. The number of halogens is 1. The fourth-order valence-electron chi connectivity index (χ4n) is 3.63. The van der Waals surface area contributed by atoms with E-state index in [1.54, 1.807) is 0 Å². The van der Waals surface area contributed by atoms with Crippen molar-refractivity contribution in [1.82, 2.24) is 14.9 Å². The summed E-state index contributed by atoms with van der Waals surface area (Å²) in [6.07, 6.45) is 0. The fourth-order valence-corrected chi connectivity index (χ4v) is 4.75. The third-order valence-electron chi connectivity index (χ3n) is 5.04. The van der Waals surface area contributed by atoms with Crippen LogP contribution in [-0.4, -0.2) is 35.1 Å². The van der Waals surface area contributed by atoms with Crippen LogP contribution in [0.1, 0.15) is 11.4 Å². The summed E-state index contributed by atoms with van der Waals surface area (Å²) in [6.45, 7) is 2.36. The number of nitrogens with one attached hydrogen (secondary N) is 1. The zero-order valence-electron chi connectivity index (χ0n) is 16.9. The molecule has 2 aromatic carbocycles. The molecule has 3 heterocycles. The number of fused-ring (bicyclic) bond motifs is 2. The van der Waals surface area contributed by atoms with Gasteiger partial charge < -0.3 is 14.5 Å². The van der Waals surface area contributed by atoms with E-state index in [1.165, 1.54) is 11.3 Å². The number of nitrogens with zero attached hydrogens (tertiary/aromatic N) is 2. The molecule has 0 atom stereocenters. The standard InChI is InChI=1S/C23H20ClN3O3S/c1-27(12-14-2-7-18-19(10-14)30-9-8-29-18)13-21-25-17-11-20(31-22(17)23(28)26-21)15-3-5-16(24)6-4-15/h2-7,10-11H,8-9,12-13H2,1H3,(H,25,26,28). The average molecular weight is 454 g/mol. The minimum absolute atomic E-state index is 0.113. The fraction of sp³-hybridized carbons (Fsp3) is 0.217. The Morgan fingerprint density at radius 2 is 1.84 bits per heavy atom. The van der Waals surface area contributed by atoms with Crippen LogP contribution in [0, 0.1) is 0 Å². The topological polar surface area (TPSA) is 67.5 Å². The Bertz CT molecular complexity index is 1300. The third kappa shape index (κ3) is 4.30. The van der Waals surface area contributed by atoms with Gasteiger partial charge in [0, 0.05) is 16.4 Å². The smallest absolute Gasteiger partial charge is 0.268 e. The van der Waals surface area contributed by atoms with Gasteiger partial charge in [0.2, 0.25) is 0 Å². The summed E-state index contributed by atoms with van der Waals surface area (Å²) in [6, 6.07) is 15.5. The number of thiophene rings is 1. The molecule has 1 aliphatic heterocycles. The summed E-state index contributed by atoms with van der Waals surface area (Å²) in [5.41, 5.74) is 2.72. The van der Waals surface area contributed by atoms with Crippen molar-refractivity contribution in [2.45, 2.75) is 13.1 Å². The predicted octanol–water partition coefficient (Wildman–Crippen LogP) is 4.71. The minimum atomic E-state index is -0.113.